The minimum atomic E-state index is -2.83. The van der Waals surface area contributed by atoms with Crippen LogP contribution in [-0.2, 0) is 14.3 Å². The summed E-state index contributed by atoms with van der Waals surface area (Å²) < 4.78 is 80.0. The molecule has 2 aromatic rings. The highest BCUT2D eigenvalue weighted by Gasteiger charge is 2.49. The maximum Gasteiger partial charge on any atom is 0.261 e. The number of aromatic nitrogens is 3. The Morgan fingerprint density at radius 2 is 1.82 bits per heavy atom. The highest BCUT2D eigenvalue weighted by Crippen LogP contribution is 2.41. The van der Waals surface area contributed by atoms with Gasteiger partial charge in [0.2, 0.25) is 0 Å². The average Bonchev–Trinajstić information content (AvgIpc) is 3.54. The van der Waals surface area contributed by atoms with E-state index in [1.54, 1.807) is 0 Å². The van der Waals surface area contributed by atoms with Crippen LogP contribution in [0.3, 0.4) is 0 Å². The molecular weight excluding hydrogens is 531 g/mol. The zero-order valence-electron chi connectivity index (χ0n) is 20.9. The van der Waals surface area contributed by atoms with Crippen LogP contribution < -0.4 is 0 Å². The van der Waals surface area contributed by atoms with Gasteiger partial charge in [-0.3, -0.25) is 0 Å². The molecule has 0 bridgehead atoms. The van der Waals surface area contributed by atoms with Crippen LogP contribution >= 0.6 is 0 Å². The van der Waals surface area contributed by atoms with E-state index in [-0.39, 0.29) is 17.7 Å². The van der Waals surface area contributed by atoms with Crippen molar-refractivity contribution >= 4 is 5.71 Å². The van der Waals surface area contributed by atoms with Crippen molar-refractivity contribution in [3.63, 3.8) is 0 Å². The fourth-order valence-electron chi connectivity index (χ4n) is 5.69. The predicted octanol–water partition coefficient (Wildman–Crippen LogP) is 3.54. The van der Waals surface area contributed by atoms with Crippen LogP contribution in [0.25, 0.3) is 11.3 Å². The van der Waals surface area contributed by atoms with Gasteiger partial charge in [-0.05, 0) is 37.8 Å². The predicted molar refractivity (Wildman–Crippen MR) is 125 cm³/mol. The first-order valence-electron chi connectivity index (χ1n) is 12.8. The van der Waals surface area contributed by atoms with Gasteiger partial charge in [0, 0.05) is 18.4 Å². The smallest absolute Gasteiger partial charge is 0.261 e. The van der Waals surface area contributed by atoms with E-state index >= 15 is 0 Å². The second kappa shape index (κ2) is 11.4. The highest BCUT2D eigenvalue weighted by atomic mass is 19.3. The lowest BCUT2D eigenvalue weighted by molar-refractivity contribution is -0.222. The molecule has 14 heteroatoms. The summed E-state index contributed by atoms with van der Waals surface area (Å²) in [5.74, 6) is -4.51. The van der Waals surface area contributed by atoms with Crippen LogP contribution in [0.15, 0.2) is 23.5 Å². The minimum Gasteiger partial charge on any atom is -0.394 e. The molecule has 1 saturated carbocycles. The number of rotatable bonds is 8. The Kier molecular flexibility index (Phi) is 8.17. The molecule has 2 aliphatic heterocycles. The van der Waals surface area contributed by atoms with Crippen molar-refractivity contribution in [1.82, 2.24) is 15.0 Å². The quantitative estimate of drug-likeness (QED) is 0.375. The molecule has 1 aliphatic carbocycles. The van der Waals surface area contributed by atoms with Gasteiger partial charge in [-0.15, -0.1) is 5.10 Å². The number of oxime groups is 1. The molecule has 39 heavy (non-hydrogen) atoms. The van der Waals surface area contributed by atoms with Crippen molar-refractivity contribution in [2.45, 2.75) is 87.4 Å². The average molecular weight is 561 g/mol. The number of hydrogen-bond donors (Lipinski definition) is 2. The summed E-state index contributed by atoms with van der Waals surface area (Å²) in [6.45, 7) is -1.57. The van der Waals surface area contributed by atoms with Gasteiger partial charge < -0.3 is 24.5 Å². The van der Waals surface area contributed by atoms with Gasteiger partial charge in [-0.1, -0.05) is 16.8 Å². The van der Waals surface area contributed by atoms with E-state index < -0.39 is 73.1 Å². The lowest BCUT2D eigenvalue weighted by Gasteiger charge is -2.44. The molecule has 0 radical (unpaired) electrons. The Morgan fingerprint density at radius 1 is 1.10 bits per heavy atom. The van der Waals surface area contributed by atoms with Gasteiger partial charge in [0.25, 0.3) is 6.43 Å². The minimum absolute atomic E-state index is 0.0657. The van der Waals surface area contributed by atoms with Crippen LogP contribution in [0.5, 0.6) is 0 Å². The molecule has 3 heterocycles. The number of benzene rings is 1. The molecule has 5 rings (SSSR count). The first-order valence-corrected chi connectivity index (χ1v) is 12.8. The Morgan fingerprint density at radius 3 is 2.49 bits per heavy atom. The third-order valence-corrected chi connectivity index (χ3v) is 7.57. The van der Waals surface area contributed by atoms with Gasteiger partial charge in [0.15, 0.2) is 17.5 Å². The first-order chi connectivity index (χ1) is 18.7. The van der Waals surface area contributed by atoms with Crippen molar-refractivity contribution in [2.75, 3.05) is 13.2 Å². The SMILES string of the molecule is OC[C@H]1O[C@H](CC2=NOC3(CCCCC3)C2)[C@H](OCC(F)F)[C@@H](n2cc(-c3cc(F)c(F)c(F)c3)nn2)[C@H]1O. The molecule has 1 aromatic carbocycles. The maximum absolute atomic E-state index is 13.8. The van der Waals surface area contributed by atoms with E-state index in [4.69, 9.17) is 14.3 Å². The first kappa shape index (κ1) is 27.9. The Labute approximate surface area is 220 Å². The molecular formula is C25H29F5N4O5. The summed E-state index contributed by atoms with van der Waals surface area (Å²) in [4.78, 5) is 5.79. The van der Waals surface area contributed by atoms with E-state index in [2.05, 4.69) is 15.5 Å². The monoisotopic (exact) mass is 560 g/mol. The maximum atomic E-state index is 13.8. The van der Waals surface area contributed by atoms with E-state index in [0.717, 1.165) is 48.9 Å². The van der Waals surface area contributed by atoms with Crippen molar-refractivity contribution in [3.8, 4) is 11.3 Å². The zero-order valence-corrected chi connectivity index (χ0v) is 20.9. The number of halogens is 5. The number of aliphatic hydroxyl groups excluding tert-OH is 2. The largest absolute Gasteiger partial charge is 0.394 e. The number of aliphatic hydroxyl groups is 2. The summed E-state index contributed by atoms with van der Waals surface area (Å²) >= 11 is 0. The van der Waals surface area contributed by atoms with E-state index in [1.807, 2.05) is 0 Å². The molecule has 2 N–H and O–H groups in total. The molecule has 1 spiro atoms. The second-order valence-electron chi connectivity index (χ2n) is 10.3. The summed E-state index contributed by atoms with van der Waals surface area (Å²) in [5.41, 5.74) is 0.0619. The molecule has 214 valence electrons. The normalized spacial score (nSPS) is 28.6. The Balaban J connectivity index is 1.43. The van der Waals surface area contributed by atoms with Gasteiger partial charge in [-0.25, -0.2) is 26.6 Å². The molecule has 1 saturated heterocycles. The molecule has 5 atom stereocenters. The number of hydrogen-bond acceptors (Lipinski definition) is 8. The van der Waals surface area contributed by atoms with Crippen LogP contribution in [0.1, 0.15) is 51.0 Å². The summed E-state index contributed by atoms with van der Waals surface area (Å²) in [6, 6.07) is 0.287. The highest BCUT2D eigenvalue weighted by molar-refractivity contribution is 5.86. The molecule has 1 aromatic heterocycles. The molecule has 2 fully saturated rings. The summed E-state index contributed by atoms with van der Waals surface area (Å²) in [5, 5.41) is 33.0. The van der Waals surface area contributed by atoms with Gasteiger partial charge in [-0.2, -0.15) is 0 Å². The van der Waals surface area contributed by atoms with Crippen LogP contribution in [-0.4, -0.2) is 80.6 Å². The lowest BCUT2D eigenvalue weighted by Crippen LogP contribution is -2.57. The lowest BCUT2D eigenvalue weighted by atomic mass is 9.80. The molecule has 0 unspecified atom stereocenters. The molecule has 9 nitrogen and oxygen atoms in total. The van der Waals surface area contributed by atoms with E-state index in [0.29, 0.717) is 12.1 Å². The Hall–Kier alpha value is -2.68. The van der Waals surface area contributed by atoms with Crippen molar-refractivity contribution in [2.24, 2.45) is 5.16 Å². The fourth-order valence-corrected chi connectivity index (χ4v) is 5.69. The second-order valence-corrected chi connectivity index (χ2v) is 10.3. The zero-order chi connectivity index (χ0) is 27.7. The van der Waals surface area contributed by atoms with Crippen LogP contribution in [0.2, 0.25) is 0 Å². The molecule has 3 aliphatic rings. The van der Waals surface area contributed by atoms with E-state index in [1.165, 1.54) is 6.20 Å². The third-order valence-electron chi connectivity index (χ3n) is 7.57. The number of ether oxygens (including phenoxy) is 2. The summed E-state index contributed by atoms with van der Waals surface area (Å²) in [6.07, 6.45) is -0.814. The van der Waals surface area contributed by atoms with Crippen molar-refractivity contribution < 1.29 is 46.5 Å². The number of alkyl halides is 2. The van der Waals surface area contributed by atoms with Crippen molar-refractivity contribution in [1.29, 1.82) is 0 Å². The third kappa shape index (κ3) is 5.79. The fraction of sp³-hybridized carbons (Fsp3) is 0.640. The van der Waals surface area contributed by atoms with Gasteiger partial charge in [0.05, 0.1) is 24.6 Å². The van der Waals surface area contributed by atoms with Crippen LogP contribution in [0.4, 0.5) is 22.0 Å². The van der Waals surface area contributed by atoms with Gasteiger partial charge >= 0.3 is 0 Å². The Bertz CT molecular complexity index is 1170. The van der Waals surface area contributed by atoms with E-state index in [9.17, 15) is 32.2 Å². The topological polar surface area (TPSA) is 111 Å². The number of nitrogens with zero attached hydrogens (tertiary/aromatic N) is 4. The van der Waals surface area contributed by atoms with Gasteiger partial charge in [0.1, 0.15) is 42.3 Å². The summed E-state index contributed by atoms with van der Waals surface area (Å²) in [7, 11) is 0. The van der Waals surface area contributed by atoms with Crippen molar-refractivity contribution in [3.05, 3.63) is 35.8 Å². The molecule has 0 amide bonds. The standard InChI is InChI=1S/C25H29F5N4O5/c26-15-6-13(7-16(27)21(15)30)17-10-34(33-31-17)22-23(36)19(11-35)38-18(24(22)37-12-20(28)29)8-14-9-25(39-32-14)4-2-1-3-5-25/h6-7,10,18-20,22-24,35-36H,1-5,8-9,11-12H2/t18-,19-,22+,23+,24+/m1/s1. The van der Waals surface area contributed by atoms with Crippen LogP contribution in [0, 0.1) is 17.5 Å².